The van der Waals surface area contributed by atoms with Gasteiger partial charge in [-0.15, -0.1) is 0 Å². The lowest BCUT2D eigenvalue weighted by Gasteiger charge is -2.22. The van der Waals surface area contributed by atoms with Crippen molar-refractivity contribution < 1.29 is 8.78 Å². The quantitative estimate of drug-likeness (QED) is 0.804. The fourth-order valence-electron chi connectivity index (χ4n) is 3.15. The molecule has 0 aliphatic heterocycles. The van der Waals surface area contributed by atoms with Gasteiger partial charge in [-0.1, -0.05) is 25.8 Å². The number of halogens is 2. The van der Waals surface area contributed by atoms with Crippen molar-refractivity contribution in [3.63, 3.8) is 0 Å². The van der Waals surface area contributed by atoms with Gasteiger partial charge < -0.3 is 5.32 Å². The van der Waals surface area contributed by atoms with Gasteiger partial charge in [-0.25, -0.2) is 8.78 Å². The first-order valence-corrected chi connectivity index (χ1v) is 7.75. The van der Waals surface area contributed by atoms with Gasteiger partial charge in [-0.05, 0) is 50.7 Å². The van der Waals surface area contributed by atoms with E-state index >= 15 is 0 Å². The number of hydrogen-bond acceptors (Lipinski definition) is 1. The SMILES string of the molecule is CC1CCCC(NC(C)Cc2c(F)cccc2F)CC1. The van der Waals surface area contributed by atoms with Crippen LogP contribution < -0.4 is 5.32 Å². The summed E-state index contributed by atoms with van der Waals surface area (Å²) in [6.45, 7) is 4.32. The minimum Gasteiger partial charge on any atom is -0.311 e. The zero-order valence-electron chi connectivity index (χ0n) is 12.5. The molecule has 0 bridgehead atoms. The molecule has 1 aromatic rings. The molecule has 1 aliphatic carbocycles. The van der Waals surface area contributed by atoms with Crippen molar-refractivity contribution >= 4 is 0 Å². The predicted molar refractivity (Wildman–Crippen MR) is 78.7 cm³/mol. The van der Waals surface area contributed by atoms with Gasteiger partial charge in [0.25, 0.3) is 0 Å². The van der Waals surface area contributed by atoms with Crippen LogP contribution in [-0.2, 0) is 6.42 Å². The van der Waals surface area contributed by atoms with Crippen LogP contribution in [0.5, 0.6) is 0 Å². The third-order valence-electron chi connectivity index (χ3n) is 4.35. The third-order valence-corrected chi connectivity index (χ3v) is 4.35. The Kier molecular flexibility index (Phi) is 5.53. The number of benzene rings is 1. The van der Waals surface area contributed by atoms with Crippen molar-refractivity contribution in [2.24, 2.45) is 5.92 Å². The Balaban J connectivity index is 1.90. The summed E-state index contributed by atoms with van der Waals surface area (Å²) in [5, 5.41) is 3.55. The van der Waals surface area contributed by atoms with Gasteiger partial charge in [0.2, 0.25) is 0 Å². The van der Waals surface area contributed by atoms with Crippen LogP contribution in [0, 0.1) is 17.6 Å². The van der Waals surface area contributed by atoms with E-state index in [1.165, 1.54) is 50.3 Å². The second-order valence-corrected chi connectivity index (χ2v) is 6.28. The molecule has 1 nitrogen and oxygen atoms in total. The maximum Gasteiger partial charge on any atom is 0.129 e. The second kappa shape index (κ2) is 7.16. The average molecular weight is 281 g/mol. The Morgan fingerprint density at radius 1 is 1.15 bits per heavy atom. The molecule has 112 valence electrons. The van der Waals surface area contributed by atoms with E-state index in [4.69, 9.17) is 0 Å². The summed E-state index contributed by atoms with van der Waals surface area (Å²) in [4.78, 5) is 0. The van der Waals surface area contributed by atoms with E-state index in [1.807, 2.05) is 6.92 Å². The molecule has 1 N–H and O–H groups in total. The number of nitrogens with one attached hydrogen (secondary N) is 1. The van der Waals surface area contributed by atoms with Crippen LogP contribution in [0.25, 0.3) is 0 Å². The number of rotatable bonds is 4. The molecule has 0 saturated heterocycles. The van der Waals surface area contributed by atoms with E-state index in [9.17, 15) is 8.78 Å². The fourth-order valence-corrected chi connectivity index (χ4v) is 3.15. The van der Waals surface area contributed by atoms with Crippen molar-refractivity contribution in [3.05, 3.63) is 35.4 Å². The third kappa shape index (κ3) is 4.27. The van der Waals surface area contributed by atoms with Crippen LogP contribution in [0.2, 0.25) is 0 Å². The minimum absolute atomic E-state index is 0.0970. The molecule has 20 heavy (non-hydrogen) atoms. The second-order valence-electron chi connectivity index (χ2n) is 6.28. The number of hydrogen-bond donors (Lipinski definition) is 1. The molecule has 0 amide bonds. The molecule has 1 aromatic carbocycles. The van der Waals surface area contributed by atoms with Gasteiger partial charge >= 0.3 is 0 Å². The molecule has 3 heteroatoms. The summed E-state index contributed by atoms with van der Waals surface area (Å²) in [5.74, 6) is -0.0672. The molecular formula is C17H25F2N. The van der Waals surface area contributed by atoms with Crippen LogP contribution in [-0.4, -0.2) is 12.1 Å². The van der Waals surface area contributed by atoms with Gasteiger partial charge in [0.1, 0.15) is 11.6 Å². The molecule has 3 unspecified atom stereocenters. The van der Waals surface area contributed by atoms with E-state index in [0.29, 0.717) is 12.5 Å². The fraction of sp³-hybridized carbons (Fsp3) is 0.647. The molecule has 1 saturated carbocycles. The van der Waals surface area contributed by atoms with Crippen LogP contribution in [0.15, 0.2) is 18.2 Å². The maximum absolute atomic E-state index is 13.6. The zero-order valence-corrected chi connectivity index (χ0v) is 12.5. The highest BCUT2D eigenvalue weighted by Gasteiger charge is 2.19. The smallest absolute Gasteiger partial charge is 0.129 e. The molecule has 2 rings (SSSR count). The molecule has 0 heterocycles. The van der Waals surface area contributed by atoms with Crippen LogP contribution in [0.4, 0.5) is 8.78 Å². The molecule has 0 aromatic heterocycles. The van der Waals surface area contributed by atoms with Crippen LogP contribution >= 0.6 is 0 Å². The Morgan fingerprint density at radius 3 is 2.55 bits per heavy atom. The normalized spacial score (nSPS) is 25.2. The standard InChI is InChI=1S/C17H25F2N/c1-12-5-3-6-14(10-9-12)20-13(2)11-15-16(18)7-4-8-17(15)19/h4,7-8,12-14,20H,3,5-6,9-11H2,1-2H3. The highest BCUT2D eigenvalue weighted by atomic mass is 19.1. The summed E-state index contributed by atoms with van der Waals surface area (Å²) < 4.78 is 27.3. The van der Waals surface area contributed by atoms with E-state index in [2.05, 4.69) is 12.2 Å². The maximum atomic E-state index is 13.6. The zero-order chi connectivity index (χ0) is 14.5. The van der Waals surface area contributed by atoms with Crippen molar-refractivity contribution in [3.8, 4) is 0 Å². The van der Waals surface area contributed by atoms with E-state index in [0.717, 1.165) is 5.92 Å². The largest absolute Gasteiger partial charge is 0.311 e. The lowest BCUT2D eigenvalue weighted by atomic mass is 10.0. The lowest BCUT2D eigenvalue weighted by molar-refractivity contribution is 0.394. The first-order chi connectivity index (χ1) is 9.56. The Labute approximate surface area is 120 Å². The minimum atomic E-state index is -0.437. The summed E-state index contributed by atoms with van der Waals surface area (Å²) >= 11 is 0. The molecule has 1 fully saturated rings. The molecular weight excluding hydrogens is 256 g/mol. The Hall–Kier alpha value is -0.960. The van der Waals surface area contributed by atoms with Crippen molar-refractivity contribution in [1.29, 1.82) is 0 Å². The average Bonchev–Trinajstić information content (AvgIpc) is 2.59. The summed E-state index contributed by atoms with van der Waals surface area (Å²) in [6, 6.07) is 4.67. The Morgan fingerprint density at radius 2 is 1.85 bits per heavy atom. The van der Waals surface area contributed by atoms with Crippen LogP contribution in [0.1, 0.15) is 51.5 Å². The lowest BCUT2D eigenvalue weighted by Crippen LogP contribution is -2.37. The van der Waals surface area contributed by atoms with Crippen LogP contribution in [0.3, 0.4) is 0 Å². The summed E-state index contributed by atoms with van der Waals surface area (Å²) in [5.41, 5.74) is 0.203. The predicted octanol–water partition coefficient (Wildman–Crippen LogP) is 4.45. The Bertz CT molecular complexity index is 413. The van der Waals surface area contributed by atoms with Crippen molar-refractivity contribution in [2.45, 2.75) is 64.5 Å². The van der Waals surface area contributed by atoms with Gasteiger partial charge in [-0.3, -0.25) is 0 Å². The first kappa shape index (κ1) is 15.4. The monoisotopic (exact) mass is 281 g/mol. The molecule has 0 spiro atoms. The molecule has 0 radical (unpaired) electrons. The highest BCUT2D eigenvalue weighted by molar-refractivity contribution is 5.20. The highest BCUT2D eigenvalue weighted by Crippen LogP contribution is 2.23. The van der Waals surface area contributed by atoms with E-state index in [-0.39, 0.29) is 11.6 Å². The van der Waals surface area contributed by atoms with Crippen molar-refractivity contribution in [2.75, 3.05) is 0 Å². The molecule has 1 aliphatic rings. The summed E-state index contributed by atoms with van der Waals surface area (Å²) in [7, 11) is 0. The van der Waals surface area contributed by atoms with Crippen molar-refractivity contribution in [1.82, 2.24) is 5.32 Å². The van der Waals surface area contributed by atoms with E-state index < -0.39 is 11.6 Å². The topological polar surface area (TPSA) is 12.0 Å². The van der Waals surface area contributed by atoms with E-state index in [1.54, 1.807) is 0 Å². The van der Waals surface area contributed by atoms with Gasteiger partial charge in [0.15, 0.2) is 0 Å². The van der Waals surface area contributed by atoms with Gasteiger partial charge in [0, 0.05) is 17.6 Å². The van der Waals surface area contributed by atoms with Gasteiger partial charge in [-0.2, -0.15) is 0 Å². The molecule has 3 atom stereocenters. The summed E-state index contributed by atoms with van der Waals surface area (Å²) in [6.07, 6.45) is 6.55. The van der Waals surface area contributed by atoms with Gasteiger partial charge in [0.05, 0.1) is 0 Å². The first-order valence-electron chi connectivity index (χ1n) is 7.75.